The van der Waals surface area contributed by atoms with Crippen LogP contribution >= 0.6 is 11.8 Å². The van der Waals surface area contributed by atoms with E-state index in [4.69, 9.17) is 9.15 Å². The second-order valence-corrected chi connectivity index (χ2v) is 7.29. The normalized spacial score (nSPS) is 12.0. The Kier molecular flexibility index (Phi) is 5.42. The number of aromatic nitrogens is 2. The van der Waals surface area contributed by atoms with Gasteiger partial charge in [0, 0.05) is 5.56 Å². The molecule has 134 valence electrons. The van der Waals surface area contributed by atoms with Gasteiger partial charge in [0.05, 0.1) is 17.9 Å². The van der Waals surface area contributed by atoms with Crippen molar-refractivity contribution in [3.05, 3.63) is 59.2 Å². The van der Waals surface area contributed by atoms with Crippen LogP contribution in [0.4, 0.5) is 0 Å². The first-order valence-corrected chi connectivity index (χ1v) is 9.12. The number of thioether (sulfide) groups is 1. The highest BCUT2D eigenvalue weighted by Crippen LogP contribution is 2.32. The van der Waals surface area contributed by atoms with Crippen LogP contribution in [0.5, 0.6) is 5.75 Å². The number of hydrogen-bond donors (Lipinski definition) is 0. The van der Waals surface area contributed by atoms with Gasteiger partial charge in [-0.25, -0.2) is 0 Å². The van der Waals surface area contributed by atoms with Crippen LogP contribution in [0.1, 0.15) is 28.4 Å². The molecule has 6 heteroatoms. The molecule has 0 bridgehead atoms. The Labute approximate surface area is 156 Å². The van der Waals surface area contributed by atoms with Crippen molar-refractivity contribution in [2.45, 2.75) is 31.2 Å². The van der Waals surface area contributed by atoms with Crippen molar-refractivity contribution in [1.29, 1.82) is 0 Å². The summed E-state index contributed by atoms with van der Waals surface area (Å²) in [5, 5.41) is 8.16. The number of para-hydroxylation sites is 1. The van der Waals surface area contributed by atoms with Crippen molar-refractivity contribution in [3.63, 3.8) is 0 Å². The lowest BCUT2D eigenvalue weighted by atomic mass is 10.0. The summed E-state index contributed by atoms with van der Waals surface area (Å²) in [7, 11) is 1.59. The Balaban J connectivity index is 1.76. The molecule has 0 N–H and O–H groups in total. The van der Waals surface area contributed by atoms with Crippen LogP contribution in [0, 0.1) is 13.8 Å². The van der Waals surface area contributed by atoms with Crippen LogP contribution in [0.2, 0.25) is 0 Å². The lowest BCUT2D eigenvalue weighted by Crippen LogP contribution is -2.13. The number of methoxy groups -OCH3 is 1. The summed E-state index contributed by atoms with van der Waals surface area (Å²) in [6.45, 7) is 5.87. The molecule has 0 aliphatic carbocycles. The predicted molar refractivity (Wildman–Crippen MR) is 102 cm³/mol. The molecule has 3 aromatic rings. The average molecular weight is 368 g/mol. The largest absolute Gasteiger partial charge is 0.496 e. The molecule has 3 rings (SSSR count). The summed E-state index contributed by atoms with van der Waals surface area (Å²) in [5.41, 5.74) is 3.68. The van der Waals surface area contributed by atoms with Gasteiger partial charge >= 0.3 is 0 Å². The van der Waals surface area contributed by atoms with Crippen LogP contribution in [-0.4, -0.2) is 28.3 Å². The molecule has 1 atom stereocenters. The molecule has 0 aliphatic rings. The van der Waals surface area contributed by atoms with Crippen molar-refractivity contribution in [3.8, 4) is 17.2 Å². The molecule has 0 aliphatic heterocycles. The molecule has 26 heavy (non-hydrogen) atoms. The maximum atomic E-state index is 12.7. The Bertz CT molecular complexity index is 936. The zero-order valence-electron chi connectivity index (χ0n) is 15.1. The number of rotatable bonds is 6. The molecule has 0 saturated carbocycles. The fourth-order valence-corrected chi connectivity index (χ4v) is 3.28. The van der Waals surface area contributed by atoms with Crippen molar-refractivity contribution in [1.82, 2.24) is 10.2 Å². The Morgan fingerprint density at radius 2 is 1.88 bits per heavy atom. The number of nitrogens with zero attached hydrogens (tertiary/aromatic N) is 2. The monoisotopic (exact) mass is 368 g/mol. The smallest absolute Gasteiger partial charge is 0.277 e. The van der Waals surface area contributed by atoms with Crippen LogP contribution in [-0.2, 0) is 0 Å². The lowest BCUT2D eigenvalue weighted by molar-refractivity contribution is 0.0993. The van der Waals surface area contributed by atoms with Crippen molar-refractivity contribution in [2.24, 2.45) is 0 Å². The average Bonchev–Trinajstić information content (AvgIpc) is 3.11. The number of carbonyl (C=O) groups excluding carboxylic acids is 1. The fraction of sp³-hybridized carbons (Fsp3) is 0.250. The Morgan fingerprint density at radius 3 is 2.62 bits per heavy atom. The predicted octanol–water partition coefficient (Wildman–Crippen LogP) is 4.73. The molecule has 0 saturated heterocycles. The summed E-state index contributed by atoms with van der Waals surface area (Å²) in [4.78, 5) is 12.7. The molecule has 1 aromatic heterocycles. The third-order valence-electron chi connectivity index (χ3n) is 4.18. The van der Waals surface area contributed by atoms with Gasteiger partial charge in [-0.2, -0.15) is 0 Å². The van der Waals surface area contributed by atoms with Crippen molar-refractivity contribution >= 4 is 17.5 Å². The van der Waals surface area contributed by atoms with E-state index in [0.717, 1.165) is 11.1 Å². The van der Waals surface area contributed by atoms with Crippen LogP contribution in [0.3, 0.4) is 0 Å². The molecule has 2 aromatic carbocycles. The second kappa shape index (κ2) is 7.74. The van der Waals surface area contributed by atoms with E-state index >= 15 is 0 Å². The second-order valence-electron chi connectivity index (χ2n) is 6.00. The first-order chi connectivity index (χ1) is 12.5. The summed E-state index contributed by atoms with van der Waals surface area (Å²) >= 11 is 1.25. The van der Waals surface area contributed by atoms with E-state index in [2.05, 4.69) is 10.2 Å². The molecule has 0 amide bonds. The van der Waals surface area contributed by atoms with E-state index < -0.39 is 0 Å². The molecule has 5 nitrogen and oxygen atoms in total. The lowest BCUT2D eigenvalue weighted by Gasteiger charge is -2.09. The number of ketones is 1. The molecule has 0 fully saturated rings. The summed E-state index contributed by atoms with van der Waals surface area (Å²) in [5.74, 6) is 1.07. The standard InChI is InChI=1S/C20H20N2O3S/c1-12-9-10-15(11-13(12)2)18(23)14(3)26-20-22-21-19(25-20)16-7-5-6-8-17(16)24-4/h5-11,14H,1-4H3/t14-/m0/s1. The van der Waals surface area contributed by atoms with Gasteiger partial charge in [0.25, 0.3) is 11.1 Å². The highest BCUT2D eigenvalue weighted by atomic mass is 32.2. The van der Waals surface area contributed by atoms with Gasteiger partial charge in [0.2, 0.25) is 0 Å². The SMILES string of the molecule is COc1ccccc1-c1nnc(S[C@@H](C)C(=O)c2ccc(C)c(C)c2)o1. The third kappa shape index (κ3) is 3.80. The zero-order valence-corrected chi connectivity index (χ0v) is 16.0. The molecule has 1 heterocycles. The van der Waals surface area contributed by atoms with E-state index in [-0.39, 0.29) is 11.0 Å². The minimum Gasteiger partial charge on any atom is -0.496 e. The first-order valence-electron chi connectivity index (χ1n) is 8.24. The quantitative estimate of drug-likeness (QED) is 0.463. The molecule has 0 unspecified atom stereocenters. The molecule has 0 radical (unpaired) electrons. The number of hydrogen-bond acceptors (Lipinski definition) is 6. The highest BCUT2D eigenvalue weighted by Gasteiger charge is 2.21. The maximum Gasteiger partial charge on any atom is 0.277 e. The highest BCUT2D eigenvalue weighted by molar-refractivity contribution is 8.00. The van der Waals surface area contributed by atoms with Gasteiger partial charge in [0.15, 0.2) is 5.78 Å². The number of Topliss-reactive ketones (excluding diaryl/α,β-unsaturated/α-hetero) is 1. The molecular weight excluding hydrogens is 348 g/mol. The van der Waals surface area contributed by atoms with Gasteiger partial charge in [-0.15, -0.1) is 10.2 Å². The van der Waals surface area contributed by atoms with E-state index in [1.54, 1.807) is 7.11 Å². The minimum absolute atomic E-state index is 0.0372. The maximum absolute atomic E-state index is 12.7. The van der Waals surface area contributed by atoms with E-state index in [9.17, 15) is 4.79 Å². The fourth-order valence-electron chi connectivity index (χ4n) is 2.52. The molecular formula is C20H20N2O3S. The van der Waals surface area contributed by atoms with Gasteiger partial charge in [-0.3, -0.25) is 4.79 Å². The van der Waals surface area contributed by atoms with Crippen LogP contribution in [0.25, 0.3) is 11.5 Å². The summed E-state index contributed by atoms with van der Waals surface area (Å²) < 4.78 is 11.0. The van der Waals surface area contributed by atoms with Crippen molar-refractivity contribution < 1.29 is 13.9 Å². The van der Waals surface area contributed by atoms with E-state index in [0.29, 0.717) is 22.4 Å². The number of benzene rings is 2. The zero-order chi connectivity index (χ0) is 18.7. The first kappa shape index (κ1) is 18.2. The van der Waals surface area contributed by atoms with Gasteiger partial charge < -0.3 is 9.15 Å². The van der Waals surface area contributed by atoms with Crippen LogP contribution in [0.15, 0.2) is 52.1 Å². The van der Waals surface area contributed by atoms with Crippen LogP contribution < -0.4 is 4.74 Å². The van der Waals surface area contributed by atoms with Crippen molar-refractivity contribution in [2.75, 3.05) is 7.11 Å². The Hall–Kier alpha value is -2.60. The topological polar surface area (TPSA) is 65.2 Å². The van der Waals surface area contributed by atoms with Gasteiger partial charge in [0.1, 0.15) is 5.75 Å². The number of carbonyl (C=O) groups is 1. The van der Waals surface area contributed by atoms with E-state index in [1.807, 2.05) is 63.2 Å². The molecule has 0 spiro atoms. The summed E-state index contributed by atoms with van der Waals surface area (Å²) in [6, 6.07) is 13.2. The van der Waals surface area contributed by atoms with E-state index in [1.165, 1.54) is 17.3 Å². The number of aryl methyl sites for hydroxylation is 2. The third-order valence-corrected chi connectivity index (χ3v) is 5.12. The Morgan fingerprint density at radius 1 is 1.12 bits per heavy atom. The summed E-state index contributed by atoms with van der Waals surface area (Å²) in [6.07, 6.45) is 0. The van der Waals surface area contributed by atoms with Gasteiger partial charge in [-0.05, 0) is 50.1 Å². The number of ether oxygens (including phenoxy) is 1. The minimum atomic E-state index is -0.330. The van der Waals surface area contributed by atoms with Gasteiger partial charge in [-0.1, -0.05) is 36.0 Å².